The monoisotopic (exact) mass is 459 g/mol. The van der Waals surface area contributed by atoms with Gasteiger partial charge in [-0.05, 0) is 55.9 Å². The number of nitrogens with zero attached hydrogens (tertiary/aromatic N) is 5. The van der Waals surface area contributed by atoms with Crippen LogP contribution in [0.1, 0.15) is 31.4 Å². The molecule has 1 aromatic carbocycles. The molecule has 34 heavy (non-hydrogen) atoms. The molecule has 2 fully saturated rings. The highest BCUT2D eigenvalue weighted by atomic mass is 16.2. The van der Waals surface area contributed by atoms with Crippen LogP contribution in [-0.4, -0.2) is 63.0 Å². The number of benzene rings is 1. The van der Waals surface area contributed by atoms with Crippen molar-refractivity contribution in [3.05, 3.63) is 71.0 Å². The molecule has 5 rings (SSSR count). The lowest BCUT2D eigenvalue weighted by molar-refractivity contribution is -0.138. The van der Waals surface area contributed by atoms with E-state index < -0.39 is 0 Å². The Morgan fingerprint density at radius 2 is 1.68 bits per heavy atom. The smallest absolute Gasteiger partial charge is 0.261 e. The highest BCUT2D eigenvalue weighted by Gasteiger charge is 2.31. The van der Waals surface area contributed by atoms with Crippen molar-refractivity contribution >= 4 is 16.8 Å². The van der Waals surface area contributed by atoms with Gasteiger partial charge in [0.2, 0.25) is 5.91 Å². The van der Waals surface area contributed by atoms with Crippen LogP contribution in [0.5, 0.6) is 0 Å². The number of aromatic nitrogens is 3. The molecule has 1 saturated carbocycles. The Morgan fingerprint density at radius 1 is 0.912 bits per heavy atom. The summed E-state index contributed by atoms with van der Waals surface area (Å²) < 4.78 is 1.75. The zero-order valence-corrected chi connectivity index (χ0v) is 19.7. The SMILES string of the molecule is O=C(C1CCC(Cn2cnc3ccccc3c2=O)CC1)N1CCN(CCc2ccccn2)CC1. The van der Waals surface area contributed by atoms with E-state index in [2.05, 4.69) is 25.8 Å². The second-order valence-corrected chi connectivity index (χ2v) is 9.67. The summed E-state index contributed by atoms with van der Waals surface area (Å²) >= 11 is 0. The van der Waals surface area contributed by atoms with Crippen LogP contribution in [0.15, 0.2) is 59.8 Å². The molecular formula is C27H33N5O2. The number of carbonyl (C=O) groups is 1. The fourth-order valence-corrected chi connectivity index (χ4v) is 5.38. The third kappa shape index (κ3) is 5.20. The van der Waals surface area contributed by atoms with E-state index in [1.165, 1.54) is 0 Å². The second-order valence-electron chi connectivity index (χ2n) is 9.67. The Balaban J connectivity index is 1.08. The third-order valence-electron chi connectivity index (χ3n) is 7.48. The number of rotatable bonds is 6. The predicted molar refractivity (Wildman–Crippen MR) is 132 cm³/mol. The summed E-state index contributed by atoms with van der Waals surface area (Å²) in [6.45, 7) is 5.19. The Morgan fingerprint density at radius 3 is 2.44 bits per heavy atom. The Kier molecular flexibility index (Phi) is 7.00. The summed E-state index contributed by atoms with van der Waals surface area (Å²) in [6.07, 6.45) is 8.28. The summed E-state index contributed by atoms with van der Waals surface area (Å²) in [4.78, 5) is 39.3. The first kappa shape index (κ1) is 22.7. The molecule has 3 heterocycles. The van der Waals surface area contributed by atoms with E-state index in [-0.39, 0.29) is 11.5 Å². The fourth-order valence-electron chi connectivity index (χ4n) is 5.38. The predicted octanol–water partition coefficient (Wildman–Crippen LogP) is 2.98. The minimum Gasteiger partial charge on any atom is -0.340 e. The first-order valence-corrected chi connectivity index (χ1v) is 12.5. The molecule has 1 amide bonds. The van der Waals surface area contributed by atoms with Crippen LogP contribution in [0.2, 0.25) is 0 Å². The van der Waals surface area contributed by atoms with Crippen LogP contribution in [0.25, 0.3) is 10.9 Å². The summed E-state index contributed by atoms with van der Waals surface area (Å²) in [5.41, 5.74) is 1.90. The fraction of sp³-hybridized carbons (Fsp3) is 0.481. The van der Waals surface area contributed by atoms with Crippen molar-refractivity contribution in [2.24, 2.45) is 11.8 Å². The summed E-state index contributed by atoms with van der Waals surface area (Å²) in [5, 5.41) is 0.674. The van der Waals surface area contributed by atoms with E-state index in [0.29, 0.717) is 23.8 Å². The Labute approximate surface area is 200 Å². The molecular weight excluding hydrogens is 426 g/mol. The summed E-state index contributed by atoms with van der Waals surface area (Å²) in [5.74, 6) is 0.878. The number of carbonyl (C=O) groups excluding carboxylic acids is 1. The number of amides is 1. The molecule has 3 aromatic rings. The lowest BCUT2D eigenvalue weighted by atomic mass is 9.81. The van der Waals surface area contributed by atoms with Gasteiger partial charge in [0, 0.05) is 63.5 Å². The van der Waals surface area contributed by atoms with Gasteiger partial charge in [0.15, 0.2) is 0 Å². The molecule has 2 aromatic heterocycles. The molecule has 0 atom stereocenters. The highest BCUT2D eigenvalue weighted by molar-refractivity contribution is 5.79. The first-order chi connectivity index (χ1) is 16.7. The van der Waals surface area contributed by atoms with Gasteiger partial charge in [-0.2, -0.15) is 0 Å². The Bertz CT molecular complexity index is 1160. The van der Waals surface area contributed by atoms with Crippen LogP contribution in [0.3, 0.4) is 0 Å². The molecule has 1 aliphatic heterocycles. The molecule has 2 aliphatic rings. The van der Waals surface area contributed by atoms with Gasteiger partial charge in [0.05, 0.1) is 17.2 Å². The highest BCUT2D eigenvalue weighted by Crippen LogP contribution is 2.31. The molecule has 0 radical (unpaired) electrons. The van der Waals surface area contributed by atoms with Gasteiger partial charge < -0.3 is 4.90 Å². The van der Waals surface area contributed by atoms with Crippen molar-refractivity contribution in [1.82, 2.24) is 24.3 Å². The largest absolute Gasteiger partial charge is 0.340 e. The average molecular weight is 460 g/mol. The molecule has 178 valence electrons. The summed E-state index contributed by atoms with van der Waals surface area (Å²) in [6, 6.07) is 13.6. The number of para-hydroxylation sites is 1. The van der Waals surface area contributed by atoms with Crippen molar-refractivity contribution < 1.29 is 4.79 Å². The topological polar surface area (TPSA) is 71.3 Å². The lowest BCUT2D eigenvalue weighted by Gasteiger charge is -2.38. The van der Waals surface area contributed by atoms with E-state index in [9.17, 15) is 9.59 Å². The van der Waals surface area contributed by atoms with Crippen LogP contribution in [0.4, 0.5) is 0 Å². The Hall–Kier alpha value is -3.06. The minimum absolute atomic E-state index is 0.0321. The quantitative estimate of drug-likeness (QED) is 0.567. The number of piperazine rings is 1. The van der Waals surface area contributed by atoms with E-state index in [4.69, 9.17) is 0 Å². The van der Waals surface area contributed by atoms with Crippen molar-refractivity contribution in [2.75, 3.05) is 32.7 Å². The second kappa shape index (κ2) is 10.5. The summed E-state index contributed by atoms with van der Waals surface area (Å²) in [7, 11) is 0. The maximum atomic E-state index is 13.1. The lowest BCUT2D eigenvalue weighted by Crippen LogP contribution is -2.51. The van der Waals surface area contributed by atoms with Crippen molar-refractivity contribution in [3.8, 4) is 0 Å². The standard InChI is InChI=1S/C27H33N5O2/c33-26(31-17-15-30(16-18-31)14-12-23-5-3-4-13-28-23)22-10-8-21(9-11-22)19-32-20-29-25-7-2-1-6-24(25)27(32)34/h1-7,13,20-22H,8-12,14-19H2. The zero-order chi connectivity index (χ0) is 23.3. The molecule has 7 nitrogen and oxygen atoms in total. The van der Waals surface area contributed by atoms with E-state index in [0.717, 1.165) is 76.0 Å². The maximum Gasteiger partial charge on any atom is 0.261 e. The minimum atomic E-state index is 0.0321. The van der Waals surface area contributed by atoms with Crippen LogP contribution in [-0.2, 0) is 17.8 Å². The molecule has 0 bridgehead atoms. The van der Waals surface area contributed by atoms with Gasteiger partial charge in [-0.25, -0.2) is 4.98 Å². The van der Waals surface area contributed by atoms with Crippen molar-refractivity contribution in [3.63, 3.8) is 0 Å². The third-order valence-corrected chi connectivity index (χ3v) is 7.48. The van der Waals surface area contributed by atoms with Crippen molar-refractivity contribution in [2.45, 2.75) is 38.6 Å². The van der Waals surface area contributed by atoms with Crippen LogP contribution >= 0.6 is 0 Å². The van der Waals surface area contributed by atoms with Crippen LogP contribution < -0.4 is 5.56 Å². The number of pyridine rings is 1. The van der Waals surface area contributed by atoms with Gasteiger partial charge in [0.1, 0.15) is 0 Å². The van der Waals surface area contributed by atoms with Gasteiger partial charge in [0.25, 0.3) is 5.56 Å². The molecule has 0 unspecified atom stereocenters. The molecule has 7 heteroatoms. The van der Waals surface area contributed by atoms with Gasteiger partial charge in [-0.3, -0.25) is 24.0 Å². The molecule has 1 aliphatic carbocycles. The first-order valence-electron chi connectivity index (χ1n) is 12.5. The van der Waals surface area contributed by atoms with E-state index in [1.54, 1.807) is 10.9 Å². The maximum absolute atomic E-state index is 13.1. The van der Waals surface area contributed by atoms with Gasteiger partial charge in [-0.15, -0.1) is 0 Å². The average Bonchev–Trinajstić information content (AvgIpc) is 2.90. The molecule has 1 saturated heterocycles. The zero-order valence-electron chi connectivity index (χ0n) is 19.7. The van der Waals surface area contributed by atoms with Gasteiger partial charge >= 0.3 is 0 Å². The van der Waals surface area contributed by atoms with E-state index in [1.807, 2.05) is 42.6 Å². The van der Waals surface area contributed by atoms with Crippen LogP contribution in [0, 0.1) is 11.8 Å². The number of hydrogen-bond acceptors (Lipinski definition) is 5. The molecule has 0 N–H and O–H groups in total. The normalized spacial score (nSPS) is 21.6. The van der Waals surface area contributed by atoms with Crippen molar-refractivity contribution in [1.29, 1.82) is 0 Å². The van der Waals surface area contributed by atoms with Gasteiger partial charge in [-0.1, -0.05) is 18.2 Å². The van der Waals surface area contributed by atoms with E-state index >= 15 is 0 Å². The number of fused-ring (bicyclic) bond motifs is 1. The number of hydrogen-bond donors (Lipinski definition) is 0. The molecule has 0 spiro atoms.